The van der Waals surface area contributed by atoms with Gasteiger partial charge in [-0.2, -0.15) is 10.2 Å². The number of aliphatic hydroxyl groups is 1. The Labute approximate surface area is 109 Å². The minimum absolute atomic E-state index is 0.0244. The molecule has 1 aromatic rings. The number of amides is 1. The van der Waals surface area contributed by atoms with Crippen molar-refractivity contribution in [2.75, 3.05) is 6.54 Å². The molecule has 1 aliphatic heterocycles. The first-order valence-electron chi connectivity index (χ1n) is 5.93. The Morgan fingerprint density at radius 1 is 1.37 bits per heavy atom. The van der Waals surface area contributed by atoms with Crippen molar-refractivity contribution in [1.82, 2.24) is 15.1 Å². The van der Waals surface area contributed by atoms with E-state index < -0.39 is 24.0 Å². The molecule has 2 N–H and O–H groups in total. The first-order chi connectivity index (χ1) is 8.90. The molecule has 7 heteroatoms. The van der Waals surface area contributed by atoms with E-state index in [1.54, 1.807) is 19.9 Å². The first kappa shape index (κ1) is 13.4. The van der Waals surface area contributed by atoms with Crippen molar-refractivity contribution < 1.29 is 19.8 Å². The summed E-state index contributed by atoms with van der Waals surface area (Å²) in [5.74, 6) is -1.54. The minimum atomic E-state index is -1.11. The highest BCUT2D eigenvalue weighted by atomic mass is 16.4. The van der Waals surface area contributed by atoms with E-state index in [1.165, 1.54) is 4.90 Å². The summed E-state index contributed by atoms with van der Waals surface area (Å²) in [4.78, 5) is 24.7. The molecule has 19 heavy (non-hydrogen) atoms. The third-order valence-corrected chi connectivity index (χ3v) is 3.16. The maximum atomic E-state index is 12.4. The van der Waals surface area contributed by atoms with Crippen LogP contribution in [0.5, 0.6) is 0 Å². The highest BCUT2D eigenvalue weighted by Crippen LogP contribution is 2.21. The summed E-state index contributed by atoms with van der Waals surface area (Å²) in [5.41, 5.74) is 1.36. The van der Waals surface area contributed by atoms with Crippen LogP contribution in [0, 0.1) is 13.8 Å². The number of aryl methyl sites for hydroxylation is 2. The summed E-state index contributed by atoms with van der Waals surface area (Å²) in [6.45, 7) is 3.37. The van der Waals surface area contributed by atoms with Crippen LogP contribution in [0.25, 0.3) is 0 Å². The Balaban J connectivity index is 2.33. The van der Waals surface area contributed by atoms with Crippen LogP contribution in [-0.2, 0) is 4.79 Å². The van der Waals surface area contributed by atoms with Gasteiger partial charge in [-0.3, -0.25) is 4.79 Å². The Morgan fingerprint density at radius 2 is 2.05 bits per heavy atom. The largest absolute Gasteiger partial charge is 0.480 e. The van der Waals surface area contributed by atoms with Crippen LogP contribution in [0.1, 0.15) is 28.2 Å². The number of aliphatic hydroxyl groups excluding tert-OH is 1. The number of carboxylic acids is 1. The lowest BCUT2D eigenvalue weighted by molar-refractivity contribution is -0.141. The van der Waals surface area contributed by atoms with Crippen molar-refractivity contribution in [2.45, 2.75) is 32.4 Å². The topological polar surface area (TPSA) is 104 Å². The summed E-state index contributed by atoms with van der Waals surface area (Å²) in [6.07, 6.45) is -0.751. The molecular weight excluding hydrogens is 250 g/mol. The molecule has 1 unspecified atom stereocenters. The lowest BCUT2D eigenvalue weighted by atomic mass is 10.1. The summed E-state index contributed by atoms with van der Waals surface area (Å²) in [6, 6.07) is 0.587. The maximum absolute atomic E-state index is 12.4. The van der Waals surface area contributed by atoms with Crippen LogP contribution in [0.4, 0.5) is 0 Å². The predicted molar refractivity (Wildman–Crippen MR) is 64.6 cm³/mol. The predicted octanol–water partition coefficient (Wildman–Crippen LogP) is -0.247. The van der Waals surface area contributed by atoms with Gasteiger partial charge in [-0.25, -0.2) is 4.79 Å². The quantitative estimate of drug-likeness (QED) is 0.764. The molecule has 1 amide bonds. The molecule has 0 bridgehead atoms. The van der Waals surface area contributed by atoms with Gasteiger partial charge < -0.3 is 15.1 Å². The molecule has 1 saturated heterocycles. The monoisotopic (exact) mass is 265 g/mol. The maximum Gasteiger partial charge on any atom is 0.326 e. The van der Waals surface area contributed by atoms with Crippen LogP contribution >= 0.6 is 0 Å². The normalized spacial score (nSPS) is 22.6. The number of rotatable bonds is 2. The fourth-order valence-electron chi connectivity index (χ4n) is 2.19. The highest BCUT2D eigenvalue weighted by Gasteiger charge is 2.39. The molecule has 2 heterocycles. The van der Waals surface area contributed by atoms with Gasteiger partial charge in [0.25, 0.3) is 5.91 Å². The van der Waals surface area contributed by atoms with Crippen LogP contribution in [0.15, 0.2) is 6.07 Å². The Morgan fingerprint density at radius 3 is 2.68 bits per heavy atom. The second-order valence-electron chi connectivity index (χ2n) is 4.69. The van der Waals surface area contributed by atoms with Crippen molar-refractivity contribution in [2.24, 2.45) is 0 Å². The fraction of sp³-hybridized carbons (Fsp3) is 0.500. The molecule has 7 nitrogen and oxygen atoms in total. The average molecular weight is 265 g/mol. The molecule has 1 aliphatic rings. The Kier molecular flexibility index (Phi) is 3.48. The first-order valence-corrected chi connectivity index (χ1v) is 5.93. The molecule has 0 aliphatic carbocycles. The van der Waals surface area contributed by atoms with Crippen LogP contribution in [0.3, 0.4) is 0 Å². The third-order valence-electron chi connectivity index (χ3n) is 3.16. The van der Waals surface area contributed by atoms with Gasteiger partial charge in [0.2, 0.25) is 0 Å². The number of aromatic nitrogens is 2. The van der Waals surface area contributed by atoms with Gasteiger partial charge in [0.15, 0.2) is 0 Å². The molecule has 0 spiro atoms. The smallest absolute Gasteiger partial charge is 0.326 e. The zero-order chi connectivity index (χ0) is 14.2. The second-order valence-corrected chi connectivity index (χ2v) is 4.69. The van der Waals surface area contributed by atoms with E-state index in [1.807, 2.05) is 0 Å². The molecule has 1 fully saturated rings. The molecule has 0 saturated carbocycles. The summed E-state index contributed by atoms with van der Waals surface area (Å²) >= 11 is 0. The van der Waals surface area contributed by atoms with E-state index in [9.17, 15) is 14.7 Å². The van der Waals surface area contributed by atoms with Gasteiger partial charge in [-0.05, 0) is 19.9 Å². The van der Waals surface area contributed by atoms with E-state index in [2.05, 4.69) is 10.2 Å². The third kappa shape index (κ3) is 2.55. The Hall–Kier alpha value is -2.02. The molecule has 2 rings (SSSR count). The second kappa shape index (κ2) is 4.93. The average Bonchev–Trinajstić information content (AvgIpc) is 2.74. The van der Waals surface area contributed by atoms with Crippen LogP contribution in [0.2, 0.25) is 0 Å². The van der Waals surface area contributed by atoms with E-state index >= 15 is 0 Å². The van der Waals surface area contributed by atoms with Crippen molar-refractivity contribution in [3.63, 3.8) is 0 Å². The number of carboxylic acid groups (broad SMARTS) is 1. The number of likely N-dealkylation sites (tertiary alicyclic amines) is 1. The number of nitrogens with zero attached hydrogens (tertiary/aromatic N) is 3. The number of hydrogen-bond acceptors (Lipinski definition) is 5. The Bertz CT molecular complexity index is 532. The molecule has 102 valence electrons. The summed E-state index contributed by atoms with van der Waals surface area (Å²) in [7, 11) is 0. The van der Waals surface area contributed by atoms with E-state index in [0.717, 1.165) is 0 Å². The lowest BCUT2D eigenvalue weighted by Crippen LogP contribution is -2.41. The molecule has 0 radical (unpaired) electrons. The summed E-state index contributed by atoms with van der Waals surface area (Å²) < 4.78 is 0. The highest BCUT2D eigenvalue weighted by molar-refractivity contribution is 5.97. The van der Waals surface area contributed by atoms with Gasteiger partial charge >= 0.3 is 5.97 Å². The van der Waals surface area contributed by atoms with Gasteiger partial charge in [0.05, 0.1) is 23.1 Å². The molecule has 2 atom stereocenters. The van der Waals surface area contributed by atoms with E-state index in [-0.39, 0.29) is 13.0 Å². The standard InChI is InChI=1S/C12H15N3O4/c1-6-3-9(7(2)14-13-6)11(17)15-5-8(16)4-10(15)12(18)19/h3,8,10,16H,4-5H2,1-2H3,(H,18,19)/t8?,10-/m0/s1. The number of aliphatic carboxylic acids is 1. The number of β-amino-alcohol motifs (C(OH)–C–C–N with tert-alkyl or cyclic N) is 1. The number of carbonyl (C=O) groups is 2. The van der Waals surface area contributed by atoms with Gasteiger partial charge in [0.1, 0.15) is 6.04 Å². The zero-order valence-corrected chi connectivity index (χ0v) is 10.7. The molecule has 0 aromatic carbocycles. The van der Waals surface area contributed by atoms with Crippen molar-refractivity contribution >= 4 is 11.9 Å². The van der Waals surface area contributed by atoms with E-state index in [0.29, 0.717) is 17.0 Å². The SMILES string of the molecule is Cc1cc(C(=O)N2CC(O)C[C@H]2C(=O)O)c(C)nn1. The van der Waals surface area contributed by atoms with Crippen molar-refractivity contribution in [3.8, 4) is 0 Å². The number of carbonyl (C=O) groups excluding carboxylic acids is 1. The van der Waals surface area contributed by atoms with Crippen molar-refractivity contribution in [1.29, 1.82) is 0 Å². The molecule has 1 aromatic heterocycles. The van der Waals surface area contributed by atoms with Crippen molar-refractivity contribution in [3.05, 3.63) is 23.0 Å². The van der Waals surface area contributed by atoms with Gasteiger partial charge in [-0.15, -0.1) is 0 Å². The molecular formula is C12H15N3O4. The van der Waals surface area contributed by atoms with E-state index in [4.69, 9.17) is 5.11 Å². The lowest BCUT2D eigenvalue weighted by Gasteiger charge is -2.21. The van der Waals surface area contributed by atoms with Gasteiger partial charge in [0, 0.05) is 13.0 Å². The fourth-order valence-corrected chi connectivity index (χ4v) is 2.19. The zero-order valence-electron chi connectivity index (χ0n) is 10.7. The summed E-state index contributed by atoms with van der Waals surface area (Å²) in [5, 5.41) is 26.3. The van der Waals surface area contributed by atoms with Gasteiger partial charge in [-0.1, -0.05) is 0 Å². The van der Waals surface area contributed by atoms with Crippen LogP contribution in [-0.4, -0.2) is 55.9 Å². The number of hydrogen-bond donors (Lipinski definition) is 2. The minimum Gasteiger partial charge on any atom is -0.480 e. The van der Waals surface area contributed by atoms with Crippen LogP contribution < -0.4 is 0 Å².